The molecule has 0 fully saturated rings. The lowest BCUT2D eigenvalue weighted by Gasteiger charge is -2.12. The van der Waals surface area contributed by atoms with Crippen LogP contribution in [-0.2, 0) is 19.1 Å². The van der Waals surface area contributed by atoms with E-state index in [1.165, 1.54) is 7.11 Å². The van der Waals surface area contributed by atoms with E-state index < -0.39 is 23.9 Å². The van der Waals surface area contributed by atoms with Gasteiger partial charge in [0.2, 0.25) is 5.91 Å². The summed E-state index contributed by atoms with van der Waals surface area (Å²) in [6.45, 7) is 0. The van der Waals surface area contributed by atoms with Crippen molar-refractivity contribution in [3.8, 4) is 0 Å². The predicted molar refractivity (Wildman–Crippen MR) is 57.5 cm³/mol. The minimum absolute atomic E-state index is 0. The standard InChI is InChI=1S/C8H12ClNO5.H3N/c1-15-7(12)3-2-5(8(13)14)10-6(11)4-9;/h5H,2-4H2,1H3,(H,10,11)(H,13,14);1H3/p+1/t5-;/m0./s1. The van der Waals surface area contributed by atoms with Crippen LogP contribution in [0.3, 0.4) is 0 Å². The van der Waals surface area contributed by atoms with Crippen molar-refractivity contribution in [2.75, 3.05) is 13.0 Å². The van der Waals surface area contributed by atoms with E-state index in [4.69, 9.17) is 16.7 Å². The first-order chi connectivity index (χ1) is 7.01. The molecule has 0 aromatic heterocycles. The SMILES string of the molecule is COC(=O)CC[C@H](NC(=O)CCl)C(=O)O.[NH4+]. The average Bonchev–Trinajstić information content (AvgIpc) is 2.22. The third-order valence-corrected chi connectivity index (χ3v) is 1.86. The highest BCUT2D eigenvalue weighted by atomic mass is 35.5. The number of nitrogens with one attached hydrogen (secondary N) is 1. The van der Waals surface area contributed by atoms with Crippen LogP contribution in [0.2, 0.25) is 0 Å². The first-order valence-corrected chi connectivity index (χ1v) is 4.69. The predicted octanol–water partition coefficient (Wildman–Crippen LogP) is 0.124. The number of carbonyl (C=O) groups excluding carboxylic acids is 2. The topological polar surface area (TPSA) is 129 Å². The highest BCUT2D eigenvalue weighted by Gasteiger charge is 2.20. The molecular formula is C8H16ClN2O5+. The van der Waals surface area contributed by atoms with Gasteiger partial charge >= 0.3 is 11.9 Å². The second-order valence-electron chi connectivity index (χ2n) is 2.71. The lowest BCUT2D eigenvalue weighted by atomic mass is 10.1. The Morgan fingerprint density at radius 2 is 2.00 bits per heavy atom. The van der Waals surface area contributed by atoms with Gasteiger partial charge in [0.15, 0.2) is 0 Å². The van der Waals surface area contributed by atoms with Gasteiger partial charge in [-0.25, -0.2) is 4.79 Å². The molecule has 94 valence electrons. The van der Waals surface area contributed by atoms with E-state index in [9.17, 15) is 14.4 Å². The molecule has 7 nitrogen and oxygen atoms in total. The van der Waals surface area contributed by atoms with E-state index in [2.05, 4.69) is 10.1 Å². The zero-order chi connectivity index (χ0) is 11.8. The summed E-state index contributed by atoms with van der Waals surface area (Å²) in [5.74, 6) is -2.64. The summed E-state index contributed by atoms with van der Waals surface area (Å²) in [5.41, 5.74) is 0. The third-order valence-electron chi connectivity index (χ3n) is 1.62. The summed E-state index contributed by atoms with van der Waals surface area (Å²) in [5, 5.41) is 10.9. The lowest BCUT2D eigenvalue weighted by molar-refractivity contribution is -0.143. The number of alkyl halides is 1. The molecule has 1 atom stereocenters. The monoisotopic (exact) mass is 255 g/mol. The molecule has 0 saturated carbocycles. The van der Waals surface area contributed by atoms with E-state index in [0.29, 0.717) is 0 Å². The second-order valence-corrected chi connectivity index (χ2v) is 2.97. The lowest BCUT2D eigenvalue weighted by Crippen LogP contribution is -2.41. The highest BCUT2D eigenvalue weighted by molar-refractivity contribution is 6.27. The highest BCUT2D eigenvalue weighted by Crippen LogP contribution is 1.99. The van der Waals surface area contributed by atoms with E-state index in [1.807, 2.05) is 0 Å². The maximum Gasteiger partial charge on any atom is 0.326 e. The van der Waals surface area contributed by atoms with Gasteiger partial charge in [-0.15, -0.1) is 11.6 Å². The van der Waals surface area contributed by atoms with Gasteiger partial charge in [-0.05, 0) is 6.42 Å². The summed E-state index contributed by atoms with van der Waals surface area (Å²) < 4.78 is 4.34. The molecule has 0 bridgehead atoms. The number of amides is 1. The Kier molecular flexibility index (Phi) is 9.52. The summed E-state index contributed by atoms with van der Waals surface area (Å²) in [6, 6.07) is -1.12. The van der Waals surface area contributed by atoms with Gasteiger partial charge in [0, 0.05) is 6.42 Å². The zero-order valence-corrected chi connectivity index (χ0v) is 9.91. The van der Waals surface area contributed by atoms with Crippen LogP contribution in [0.4, 0.5) is 0 Å². The van der Waals surface area contributed by atoms with E-state index in [1.54, 1.807) is 0 Å². The molecule has 0 unspecified atom stereocenters. The number of rotatable bonds is 6. The van der Waals surface area contributed by atoms with Crippen LogP contribution < -0.4 is 11.5 Å². The number of ether oxygens (including phenoxy) is 1. The van der Waals surface area contributed by atoms with Crippen molar-refractivity contribution in [3.63, 3.8) is 0 Å². The van der Waals surface area contributed by atoms with Crippen LogP contribution in [0, 0.1) is 0 Å². The number of halogens is 1. The first kappa shape index (κ1) is 17.1. The van der Waals surface area contributed by atoms with E-state index in [0.717, 1.165) is 0 Å². The van der Waals surface area contributed by atoms with Gasteiger partial charge < -0.3 is 21.3 Å². The van der Waals surface area contributed by atoms with Crippen LogP contribution >= 0.6 is 11.6 Å². The normalized spacial score (nSPS) is 10.9. The second kappa shape index (κ2) is 8.93. The van der Waals surface area contributed by atoms with Crippen molar-refractivity contribution < 1.29 is 24.2 Å². The van der Waals surface area contributed by atoms with Crippen LogP contribution in [0.1, 0.15) is 12.8 Å². The van der Waals surface area contributed by atoms with Crippen molar-refractivity contribution in [1.29, 1.82) is 0 Å². The Balaban J connectivity index is 0. The molecule has 0 radical (unpaired) electrons. The molecule has 0 aromatic rings. The number of quaternary nitrogens is 1. The van der Waals surface area contributed by atoms with Gasteiger partial charge in [-0.2, -0.15) is 0 Å². The van der Waals surface area contributed by atoms with E-state index >= 15 is 0 Å². The quantitative estimate of drug-likeness (QED) is 0.459. The number of carboxylic acids is 1. The molecular weight excluding hydrogens is 240 g/mol. The van der Waals surface area contributed by atoms with Crippen LogP contribution in [0.5, 0.6) is 0 Å². The smallest absolute Gasteiger partial charge is 0.326 e. The van der Waals surface area contributed by atoms with Crippen molar-refractivity contribution in [3.05, 3.63) is 0 Å². The van der Waals surface area contributed by atoms with Crippen LogP contribution in [0.15, 0.2) is 0 Å². The number of hydrogen-bond donors (Lipinski definition) is 3. The number of aliphatic carboxylic acids is 1. The molecule has 0 heterocycles. The molecule has 0 saturated heterocycles. The molecule has 0 spiro atoms. The van der Waals surface area contributed by atoms with Gasteiger partial charge in [-0.1, -0.05) is 0 Å². The molecule has 6 N–H and O–H groups in total. The Bertz CT molecular complexity index is 259. The summed E-state index contributed by atoms with van der Waals surface area (Å²) >= 11 is 5.19. The Hall–Kier alpha value is -1.34. The molecule has 0 rings (SSSR count). The minimum Gasteiger partial charge on any atom is -0.480 e. The molecule has 0 aliphatic carbocycles. The summed E-state index contributed by atoms with van der Waals surface area (Å²) in [7, 11) is 1.20. The number of carboxylic acid groups (broad SMARTS) is 1. The number of methoxy groups -OCH3 is 1. The van der Waals surface area contributed by atoms with Gasteiger partial charge in [0.1, 0.15) is 11.9 Å². The fourth-order valence-electron chi connectivity index (χ4n) is 0.855. The number of esters is 1. The average molecular weight is 256 g/mol. The fraction of sp³-hybridized carbons (Fsp3) is 0.625. The van der Waals surface area contributed by atoms with Crippen molar-refractivity contribution in [2.24, 2.45) is 0 Å². The molecule has 1 amide bonds. The molecule has 0 aromatic carbocycles. The third kappa shape index (κ3) is 7.02. The Morgan fingerprint density at radius 3 is 2.38 bits per heavy atom. The van der Waals surface area contributed by atoms with Crippen LogP contribution in [0.25, 0.3) is 0 Å². The molecule has 8 heteroatoms. The fourth-order valence-corrected chi connectivity index (χ4v) is 0.932. The first-order valence-electron chi connectivity index (χ1n) is 4.16. The molecule has 0 aliphatic heterocycles. The van der Waals surface area contributed by atoms with Crippen molar-refractivity contribution in [2.45, 2.75) is 18.9 Å². The number of carbonyl (C=O) groups is 3. The summed E-state index contributed by atoms with van der Waals surface area (Å²) in [6.07, 6.45) is -0.0966. The zero-order valence-electron chi connectivity index (χ0n) is 9.16. The largest absolute Gasteiger partial charge is 0.480 e. The Morgan fingerprint density at radius 1 is 1.44 bits per heavy atom. The molecule has 16 heavy (non-hydrogen) atoms. The van der Waals surface area contributed by atoms with Crippen molar-refractivity contribution >= 4 is 29.4 Å². The van der Waals surface area contributed by atoms with Crippen molar-refractivity contribution in [1.82, 2.24) is 11.5 Å². The maximum atomic E-state index is 10.8. The molecule has 0 aliphatic rings. The van der Waals surface area contributed by atoms with Crippen LogP contribution in [-0.4, -0.2) is 42.0 Å². The summed E-state index contributed by atoms with van der Waals surface area (Å²) in [4.78, 5) is 32.2. The van der Waals surface area contributed by atoms with Gasteiger partial charge in [0.05, 0.1) is 7.11 Å². The maximum absolute atomic E-state index is 10.8. The Labute approximate surface area is 97.7 Å². The van der Waals surface area contributed by atoms with Gasteiger partial charge in [0.25, 0.3) is 0 Å². The number of hydrogen-bond acceptors (Lipinski definition) is 4. The minimum atomic E-state index is -1.21. The van der Waals surface area contributed by atoms with E-state index in [-0.39, 0.29) is 24.9 Å². The van der Waals surface area contributed by atoms with Gasteiger partial charge in [-0.3, -0.25) is 9.59 Å².